The highest BCUT2D eigenvalue weighted by molar-refractivity contribution is 4.98. The summed E-state index contributed by atoms with van der Waals surface area (Å²) < 4.78 is 0. The quantitative estimate of drug-likeness (QED) is 0.669. The van der Waals surface area contributed by atoms with Crippen molar-refractivity contribution in [2.45, 2.75) is 32.7 Å². The van der Waals surface area contributed by atoms with E-state index in [-0.39, 0.29) is 0 Å². The van der Waals surface area contributed by atoms with Gasteiger partial charge in [0.1, 0.15) is 0 Å². The lowest BCUT2D eigenvalue weighted by molar-refractivity contribution is 0.546. The smallest absolute Gasteiger partial charge is 0.00740 e. The Morgan fingerprint density at radius 3 is 2.45 bits per heavy atom. The zero-order valence-corrected chi connectivity index (χ0v) is 8.09. The van der Waals surface area contributed by atoms with Crippen LogP contribution in [0.25, 0.3) is 0 Å². The first-order chi connectivity index (χ1) is 5.06. The zero-order chi connectivity index (χ0) is 8.85. The van der Waals surface area contributed by atoms with Crippen LogP contribution >= 0.6 is 0 Å². The van der Waals surface area contributed by atoms with Crippen molar-refractivity contribution >= 4 is 0 Å². The van der Waals surface area contributed by atoms with Crippen LogP contribution < -0.4 is 5.73 Å². The van der Waals surface area contributed by atoms with E-state index in [1.807, 2.05) is 14.1 Å². The summed E-state index contributed by atoms with van der Waals surface area (Å²) in [6, 6.07) is 0.325. The number of nitrogens with zero attached hydrogens (tertiary/aromatic N) is 1. The maximum absolute atomic E-state index is 5.79. The van der Waals surface area contributed by atoms with Crippen LogP contribution in [0.1, 0.15) is 26.7 Å². The molecule has 0 heterocycles. The Balaban J connectivity index is 3.76. The summed E-state index contributed by atoms with van der Waals surface area (Å²) in [6.07, 6.45) is 4.18. The minimum Gasteiger partial charge on any atom is -0.384 e. The molecule has 0 aliphatic carbocycles. The van der Waals surface area contributed by atoms with Gasteiger partial charge in [0.05, 0.1) is 0 Å². The van der Waals surface area contributed by atoms with Crippen molar-refractivity contribution in [2.75, 3.05) is 14.1 Å². The minimum absolute atomic E-state index is 0.325. The van der Waals surface area contributed by atoms with Crippen LogP contribution in [0.3, 0.4) is 0 Å². The molecule has 0 bridgehead atoms. The molecule has 11 heavy (non-hydrogen) atoms. The highest BCUT2D eigenvalue weighted by Crippen LogP contribution is 2.05. The normalized spacial score (nSPS) is 14.8. The van der Waals surface area contributed by atoms with Gasteiger partial charge in [0.25, 0.3) is 0 Å². The van der Waals surface area contributed by atoms with Crippen molar-refractivity contribution in [3.63, 3.8) is 0 Å². The van der Waals surface area contributed by atoms with E-state index in [2.05, 4.69) is 24.9 Å². The molecule has 1 atom stereocenters. The molecule has 0 radical (unpaired) electrons. The largest absolute Gasteiger partial charge is 0.384 e. The van der Waals surface area contributed by atoms with Crippen molar-refractivity contribution in [1.82, 2.24) is 4.90 Å². The Hall–Kier alpha value is -0.500. The van der Waals surface area contributed by atoms with Crippen LogP contribution in [0.5, 0.6) is 0 Å². The molecule has 2 N–H and O–H groups in total. The second-order valence-electron chi connectivity index (χ2n) is 3.31. The van der Waals surface area contributed by atoms with E-state index >= 15 is 0 Å². The van der Waals surface area contributed by atoms with Crippen LogP contribution in [0.15, 0.2) is 11.8 Å². The molecule has 0 aromatic heterocycles. The van der Waals surface area contributed by atoms with Gasteiger partial charge >= 0.3 is 0 Å². The van der Waals surface area contributed by atoms with Crippen molar-refractivity contribution in [3.05, 3.63) is 11.8 Å². The number of hydrogen-bond acceptors (Lipinski definition) is 2. The van der Waals surface area contributed by atoms with Gasteiger partial charge in [-0.3, -0.25) is 0 Å². The van der Waals surface area contributed by atoms with E-state index in [0.29, 0.717) is 6.04 Å². The first-order valence-corrected chi connectivity index (χ1v) is 4.15. The number of rotatable bonds is 4. The summed E-state index contributed by atoms with van der Waals surface area (Å²) in [4.78, 5) is 2.05. The van der Waals surface area contributed by atoms with Crippen molar-refractivity contribution in [2.24, 2.45) is 5.73 Å². The van der Waals surface area contributed by atoms with Gasteiger partial charge in [-0.05, 0) is 26.0 Å². The maximum Gasteiger partial charge on any atom is 0.00740 e. The van der Waals surface area contributed by atoms with Crippen molar-refractivity contribution in [1.29, 1.82) is 0 Å². The van der Waals surface area contributed by atoms with Crippen molar-refractivity contribution < 1.29 is 0 Å². The SMILES string of the molecule is CCC(N)C/C(C)=C/N(C)C. The van der Waals surface area contributed by atoms with Gasteiger partial charge in [-0.2, -0.15) is 0 Å². The molecule has 2 heteroatoms. The molecule has 1 unspecified atom stereocenters. The van der Waals surface area contributed by atoms with Gasteiger partial charge in [-0.25, -0.2) is 0 Å². The Kier molecular flexibility index (Phi) is 4.95. The highest BCUT2D eigenvalue weighted by atomic mass is 15.0. The van der Waals surface area contributed by atoms with Gasteiger partial charge in [-0.15, -0.1) is 0 Å². The fraction of sp³-hybridized carbons (Fsp3) is 0.778. The number of nitrogens with two attached hydrogens (primary N) is 1. The molecule has 0 aliphatic rings. The van der Waals surface area contributed by atoms with E-state index in [1.54, 1.807) is 0 Å². The summed E-state index contributed by atoms with van der Waals surface area (Å²) in [6.45, 7) is 4.24. The molecule has 0 aliphatic heterocycles. The summed E-state index contributed by atoms with van der Waals surface area (Å²) in [5.41, 5.74) is 7.14. The van der Waals surface area contributed by atoms with Gasteiger partial charge in [0.15, 0.2) is 0 Å². The Labute approximate surface area is 70.1 Å². The first-order valence-electron chi connectivity index (χ1n) is 4.15. The topological polar surface area (TPSA) is 29.3 Å². The molecule has 66 valence electrons. The Morgan fingerprint density at radius 1 is 1.55 bits per heavy atom. The second kappa shape index (κ2) is 5.19. The fourth-order valence-electron chi connectivity index (χ4n) is 1.05. The lowest BCUT2D eigenvalue weighted by atomic mass is 10.1. The molecular formula is C9H20N2. The minimum atomic E-state index is 0.325. The molecule has 2 nitrogen and oxygen atoms in total. The van der Waals surface area contributed by atoms with Gasteiger partial charge in [0, 0.05) is 20.1 Å². The lowest BCUT2D eigenvalue weighted by Gasteiger charge is -2.11. The third-order valence-electron chi connectivity index (χ3n) is 1.59. The average Bonchev–Trinajstić information content (AvgIpc) is 1.85. The molecular weight excluding hydrogens is 136 g/mol. The molecule has 0 saturated heterocycles. The van der Waals surface area contributed by atoms with Gasteiger partial charge in [-0.1, -0.05) is 12.5 Å². The third-order valence-corrected chi connectivity index (χ3v) is 1.59. The number of hydrogen-bond donors (Lipinski definition) is 1. The Bertz CT molecular complexity index is 128. The second-order valence-corrected chi connectivity index (χ2v) is 3.31. The van der Waals surface area contributed by atoms with Crippen molar-refractivity contribution in [3.8, 4) is 0 Å². The van der Waals surface area contributed by atoms with Crippen LogP contribution in [0.2, 0.25) is 0 Å². The van der Waals surface area contributed by atoms with Crippen LogP contribution in [0.4, 0.5) is 0 Å². The van der Waals surface area contributed by atoms with Gasteiger partial charge in [0.2, 0.25) is 0 Å². The third kappa shape index (κ3) is 5.92. The van der Waals surface area contributed by atoms with E-state index in [0.717, 1.165) is 12.8 Å². The zero-order valence-electron chi connectivity index (χ0n) is 8.09. The van der Waals surface area contributed by atoms with Crippen LogP contribution in [-0.4, -0.2) is 25.0 Å². The molecule has 0 fully saturated rings. The average molecular weight is 156 g/mol. The highest BCUT2D eigenvalue weighted by Gasteiger charge is 1.99. The summed E-state index contributed by atoms with van der Waals surface area (Å²) >= 11 is 0. The maximum atomic E-state index is 5.79. The van der Waals surface area contributed by atoms with Crippen LogP contribution in [-0.2, 0) is 0 Å². The standard InChI is InChI=1S/C9H20N2/c1-5-9(10)6-8(2)7-11(3)4/h7,9H,5-6,10H2,1-4H3/b8-7+. The van der Waals surface area contributed by atoms with E-state index in [1.165, 1.54) is 5.57 Å². The predicted octanol–water partition coefficient (Wildman–Crippen LogP) is 1.58. The summed E-state index contributed by atoms with van der Waals surface area (Å²) in [5.74, 6) is 0. The van der Waals surface area contributed by atoms with E-state index in [4.69, 9.17) is 5.73 Å². The van der Waals surface area contributed by atoms with Gasteiger partial charge < -0.3 is 10.6 Å². The summed E-state index contributed by atoms with van der Waals surface area (Å²) in [7, 11) is 4.06. The lowest BCUT2D eigenvalue weighted by Crippen LogP contribution is -2.19. The molecule has 0 spiro atoms. The molecule has 0 aromatic rings. The molecule has 0 amide bonds. The van der Waals surface area contributed by atoms with E-state index in [9.17, 15) is 0 Å². The van der Waals surface area contributed by atoms with E-state index < -0.39 is 0 Å². The molecule has 0 saturated carbocycles. The predicted molar refractivity (Wildman–Crippen MR) is 50.3 cm³/mol. The Morgan fingerprint density at radius 2 is 2.09 bits per heavy atom. The van der Waals surface area contributed by atoms with Crippen LogP contribution in [0, 0.1) is 0 Å². The molecule has 0 aromatic carbocycles. The summed E-state index contributed by atoms with van der Waals surface area (Å²) in [5, 5.41) is 0. The fourth-order valence-corrected chi connectivity index (χ4v) is 1.05. The monoisotopic (exact) mass is 156 g/mol. The molecule has 0 rings (SSSR count). The first kappa shape index (κ1) is 10.5.